The molecule has 6 heteroatoms. The van der Waals surface area contributed by atoms with E-state index in [1.165, 1.54) is 5.69 Å². The number of fused-ring (bicyclic) bond motifs is 1. The molecule has 0 bridgehead atoms. The van der Waals surface area contributed by atoms with Crippen molar-refractivity contribution >= 4 is 44.0 Å². The summed E-state index contributed by atoms with van der Waals surface area (Å²) in [5, 5.41) is 13.5. The number of hydrogen-bond acceptors (Lipinski definition) is 4. The molecule has 3 aromatic carbocycles. The van der Waals surface area contributed by atoms with E-state index in [2.05, 4.69) is 50.0 Å². The Morgan fingerprint density at radius 1 is 0.931 bits per heavy atom. The molecule has 1 atom stereocenters. The number of nitrogens with zero attached hydrogens (tertiary/aromatic N) is 2. The van der Waals surface area contributed by atoms with Gasteiger partial charge in [0.2, 0.25) is 0 Å². The van der Waals surface area contributed by atoms with Crippen LogP contribution in [0.5, 0.6) is 5.75 Å². The van der Waals surface area contributed by atoms with E-state index in [9.17, 15) is 5.11 Å². The number of rotatable bonds is 6. The van der Waals surface area contributed by atoms with Gasteiger partial charge in [0, 0.05) is 47.9 Å². The Morgan fingerprint density at radius 2 is 1.62 bits per heavy atom. The Labute approximate surface area is 184 Å². The van der Waals surface area contributed by atoms with Gasteiger partial charge in [-0.3, -0.25) is 4.90 Å². The summed E-state index contributed by atoms with van der Waals surface area (Å²) in [5.41, 5.74) is 1.20. The second-order valence-electron chi connectivity index (χ2n) is 7.38. The molecule has 1 unspecified atom stereocenters. The van der Waals surface area contributed by atoms with Gasteiger partial charge in [0.1, 0.15) is 18.5 Å². The fourth-order valence-corrected chi connectivity index (χ4v) is 4.17. The number of β-amino-alcohol motifs (C(OH)–C–C–N with tert-alkyl or cyclic N) is 1. The van der Waals surface area contributed by atoms with E-state index >= 15 is 0 Å². The number of benzene rings is 3. The van der Waals surface area contributed by atoms with Crippen molar-refractivity contribution in [1.29, 1.82) is 0 Å². The van der Waals surface area contributed by atoms with Gasteiger partial charge in [0.05, 0.1) is 0 Å². The lowest BCUT2D eigenvalue weighted by molar-refractivity contribution is 0.0663. The fourth-order valence-electron chi connectivity index (χ4n) is 3.67. The highest BCUT2D eigenvalue weighted by Gasteiger charge is 2.19. The first-order chi connectivity index (χ1) is 14.1. The molecule has 152 valence electrons. The van der Waals surface area contributed by atoms with Gasteiger partial charge in [-0.05, 0) is 59.3 Å². The van der Waals surface area contributed by atoms with Crippen LogP contribution in [-0.2, 0) is 0 Å². The molecule has 29 heavy (non-hydrogen) atoms. The first kappa shape index (κ1) is 20.5. The molecule has 0 amide bonds. The van der Waals surface area contributed by atoms with Crippen molar-refractivity contribution < 1.29 is 9.84 Å². The molecule has 1 saturated heterocycles. The van der Waals surface area contributed by atoms with Crippen molar-refractivity contribution in [1.82, 2.24) is 4.90 Å². The normalized spacial score (nSPS) is 16.2. The standard InChI is InChI=1S/C23H24BrClN2O2/c24-19-3-1-18-14-23(8-2-17(18)13-19)29-16-22(28)15-26-9-11-27(12-10-26)21-6-4-20(25)5-7-21/h1-8,13-14,22,28H,9-12,15-16H2. The third-order valence-corrected chi connectivity index (χ3v) is 5.99. The molecule has 4 rings (SSSR count). The van der Waals surface area contributed by atoms with E-state index in [-0.39, 0.29) is 0 Å². The molecule has 0 aliphatic carbocycles. The van der Waals surface area contributed by atoms with Gasteiger partial charge < -0.3 is 14.7 Å². The second-order valence-corrected chi connectivity index (χ2v) is 8.73. The Kier molecular flexibility index (Phi) is 6.60. The minimum Gasteiger partial charge on any atom is -0.491 e. The van der Waals surface area contributed by atoms with Crippen molar-refractivity contribution in [2.24, 2.45) is 0 Å². The minimum absolute atomic E-state index is 0.291. The molecule has 0 saturated carbocycles. The summed E-state index contributed by atoms with van der Waals surface area (Å²) in [6, 6.07) is 20.1. The Morgan fingerprint density at radius 3 is 2.38 bits per heavy atom. The predicted octanol–water partition coefficient (Wildman–Crippen LogP) is 4.82. The Balaban J connectivity index is 1.24. The highest BCUT2D eigenvalue weighted by molar-refractivity contribution is 9.10. The van der Waals surface area contributed by atoms with Crippen molar-refractivity contribution in [3.63, 3.8) is 0 Å². The van der Waals surface area contributed by atoms with Crippen molar-refractivity contribution in [2.45, 2.75) is 6.10 Å². The highest BCUT2D eigenvalue weighted by atomic mass is 79.9. The van der Waals surface area contributed by atoms with Gasteiger partial charge in [-0.15, -0.1) is 0 Å². The summed E-state index contributed by atoms with van der Waals surface area (Å²) in [5.74, 6) is 0.784. The van der Waals surface area contributed by atoms with Gasteiger partial charge in [-0.1, -0.05) is 39.7 Å². The molecular weight excluding hydrogens is 452 g/mol. The number of aliphatic hydroxyl groups is 1. The molecule has 0 aromatic heterocycles. The molecule has 1 aliphatic rings. The molecule has 1 aliphatic heterocycles. The quantitative estimate of drug-likeness (QED) is 0.555. The van der Waals surface area contributed by atoms with Crippen LogP contribution in [-0.4, -0.2) is 55.4 Å². The fraction of sp³-hybridized carbons (Fsp3) is 0.304. The van der Waals surface area contributed by atoms with Crippen LogP contribution < -0.4 is 9.64 Å². The second kappa shape index (κ2) is 9.35. The Bertz CT molecular complexity index is 959. The number of aliphatic hydroxyl groups excluding tert-OH is 1. The van der Waals surface area contributed by atoms with Crippen LogP contribution in [0.1, 0.15) is 0 Å². The smallest absolute Gasteiger partial charge is 0.120 e. The summed E-state index contributed by atoms with van der Waals surface area (Å²) in [7, 11) is 0. The van der Waals surface area contributed by atoms with Crippen LogP contribution in [0.2, 0.25) is 5.02 Å². The van der Waals surface area contributed by atoms with Gasteiger partial charge >= 0.3 is 0 Å². The monoisotopic (exact) mass is 474 g/mol. The van der Waals surface area contributed by atoms with Crippen molar-refractivity contribution in [3.05, 3.63) is 70.2 Å². The summed E-state index contributed by atoms with van der Waals surface area (Å²) >= 11 is 9.46. The zero-order valence-corrected chi connectivity index (χ0v) is 18.4. The molecule has 1 heterocycles. The summed E-state index contributed by atoms with van der Waals surface area (Å²) in [4.78, 5) is 4.64. The van der Waals surface area contributed by atoms with Gasteiger partial charge in [-0.25, -0.2) is 0 Å². The summed E-state index contributed by atoms with van der Waals surface area (Å²) < 4.78 is 6.90. The molecule has 1 fully saturated rings. The first-order valence-electron chi connectivity index (χ1n) is 9.80. The van der Waals surface area contributed by atoms with E-state index in [1.807, 2.05) is 36.4 Å². The molecule has 0 radical (unpaired) electrons. The average Bonchev–Trinajstić information content (AvgIpc) is 2.73. The lowest BCUT2D eigenvalue weighted by Crippen LogP contribution is -2.49. The molecular formula is C23H24BrClN2O2. The maximum absolute atomic E-state index is 10.4. The first-order valence-corrected chi connectivity index (χ1v) is 11.0. The van der Waals surface area contributed by atoms with Crippen molar-refractivity contribution in [2.75, 3.05) is 44.2 Å². The lowest BCUT2D eigenvalue weighted by Gasteiger charge is -2.36. The third-order valence-electron chi connectivity index (χ3n) is 5.25. The van der Waals surface area contributed by atoms with E-state index in [0.717, 1.165) is 52.2 Å². The maximum atomic E-state index is 10.4. The summed E-state index contributed by atoms with van der Waals surface area (Å²) in [6.07, 6.45) is -0.516. The van der Waals surface area contributed by atoms with Gasteiger partial charge in [-0.2, -0.15) is 0 Å². The van der Waals surface area contributed by atoms with Gasteiger partial charge in [0.25, 0.3) is 0 Å². The van der Waals surface area contributed by atoms with Crippen LogP contribution in [0.15, 0.2) is 65.1 Å². The zero-order valence-electron chi connectivity index (χ0n) is 16.1. The molecule has 3 aromatic rings. The SMILES string of the molecule is OC(COc1ccc2cc(Br)ccc2c1)CN1CCN(c2ccc(Cl)cc2)CC1. The van der Waals surface area contributed by atoms with Crippen LogP contribution in [0.3, 0.4) is 0 Å². The predicted molar refractivity (Wildman–Crippen MR) is 123 cm³/mol. The largest absolute Gasteiger partial charge is 0.491 e. The third kappa shape index (κ3) is 5.43. The number of halogens is 2. The summed E-state index contributed by atoms with van der Waals surface area (Å²) in [6.45, 7) is 4.63. The average molecular weight is 476 g/mol. The zero-order chi connectivity index (χ0) is 20.2. The number of hydrogen-bond donors (Lipinski definition) is 1. The van der Waals surface area contributed by atoms with Crippen LogP contribution in [0.4, 0.5) is 5.69 Å². The number of piperazine rings is 1. The molecule has 1 N–H and O–H groups in total. The lowest BCUT2D eigenvalue weighted by atomic mass is 10.1. The van der Waals surface area contributed by atoms with E-state index in [1.54, 1.807) is 0 Å². The van der Waals surface area contributed by atoms with Crippen LogP contribution >= 0.6 is 27.5 Å². The van der Waals surface area contributed by atoms with Gasteiger partial charge in [0.15, 0.2) is 0 Å². The van der Waals surface area contributed by atoms with E-state index in [4.69, 9.17) is 16.3 Å². The van der Waals surface area contributed by atoms with E-state index < -0.39 is 6.10 Å². The molecule has 0 spiro atoms. The topological polar surface area (TPSA) is 35.9 Å². The maximum Gasteiger partial charge on any atom is 0.120 e. The van der Waals surface area contributed by atoms with Crippen LogP contribution in [0, 0.1) is 0 Å². The Hall–Kier alpha value is -1.79. The number of anilines is 1. The highest BCUT2D eigenvalue weighted by Crippen LogP contribution is 2.24. The van der Waals surface area contributed by atoms with Crippen molar-refractivity contribution in [3.8, 4) is 5.75 Å². The van der Waals surface area contributed by atoms with E-state index in [0.29, 0.717) is 13.2 Å². The number of ether oxygens (including phenoxy) is 1. The van der Waals surface area contributed by atoms with Crippen LogP contribution in [0.25, 0.3) is 10.8 Å². The molecule has 4 nitrogen and oxygen atoms in total. The minimum atomic E-state index is -0.516.